The highest BCUT2D eigenvalue weighted by atomic mass is 35.5. The Bertz CT molecular complexity index is 1230. The third-order valence-corrected chi connectivity index (χ3v) is 6.10. The molecule has 0 saturated carbocycles. The summed E-state index contributed by atoms with van der Waals surface area (Å²) in [6.45, 7) is 6.46. The van der Waals surface area contributed by atoms with Crippen LogP contribution in [0.2, 0.25) is 10.0 Å². The summed E-state index contributed by atoms with van der Waals surface area (Å²) in [6.07, 6.45) is 0.872. The predicted molar refractivity (Wildman–Crippen MR) is 130 cm³/mol. The summed E-state index contributed by atoms with van der Waals surface area (Å²) in [5.41, 5.74) is 0.831. The summed E-state index contributed by atoms with van der Waals surface area (Å²) in [5, 5.41) is 3.50. The van der Waals surface area contributed by atoms with Crippen molar-refractivity contribution in [3.8, 4) is 11.4 Å². The van der Waals surface area contributed by atoms with Gasteiger partial charge in [0, 0.05) is 24.7 Å². The molecule has 3 aromatic rings. The Hall–Kier alpha value is -2.84. The molecule has 2 heterocycles. The maximum atomic E-state index is 14.3. The van der Waals surface area contributed by atoms with Crippen molar-refractivity contribution in [3.05, 3.63) is 51.8 Å². The average molecular weight is 507 g/mol. The van der Waals surface area contributed by atoms with E-state index in [4.69, 9.17) is 27.9 Å². The number of carbonyl (C=O) groups is 2. The molecular weight excluding hydrogens is 482 g/mol. The maximum absolute atomic E-state index is 14.3. The highest BCUT2D eigenvalue weighted by molar-refractivity contribution is 6.35. The zero-order valence-corrected chi connectivity index (χ0v) is 20.6. The van der Waals surface area contributed by atoms with Gasteiger partial charge in [-0.2, -0.15) is 0 Å². The molecular formula is C24H25Cl2FN4O3. The number of amides is 2. The molecule has 2 N–H and O–H groups in total. The number of ether oxygens (including phenoxy) is 1. The highest BCUT2D eigenvalue weighted by Crippen LogP contribution is 2.32. The fourth-order valence-electron chi connectivity index (χ4n) is 3.85. The lowest BCUT2D eigenvalue weighted by Crippen LogP contribution is -2.47. The third kappa shape index (κ3) is 5.28. The second kappa shape index (κ2) is 9.43. The minimum atomic E-state index is -0.552. The first kappa shape index (κ1) is 24.3. The first-order valence-corrected chi connectivity index (χ1v) is 11.7. The van der Waals surface area contributed by atoms with Gasteiger partial charge in [0.15, 0.2) is 0 Å². The second-order valence-corrected chi connectivity index (χ2v) is 10.1. The molecule has 2 amide bonds. The molecule has 1 aliphatic rings. The number of imidazole rings is 1. The summed E-state index contributed by atoms with van der Waals surface area (Å²) in [6, 6.07) is 7.43. The Morgan fingerprint density at radius 2 is 1.88 bits per heavy atom. The molecule has 2 aromatic carbocycles. The van der Waals surface area contributed by atoms with E-state index in [1.165, 1.54) is 12.1 Å². The number of H-pyrrole nitrogens is 1. The number of aromatic nitrogens is 2. The van der Waals surface area contributed by atoms with E-state index in [0.717, 1.165) is 0 Å². The molecule has 1 aliphatic heterocycles. The zero-order chi connectivity index (χ0) is 24.6. The van der Waals surface area contributed by atoms with Crippen LogP contribution in [0, 0.1) is 5.82 Å². The van der Waals surface area contributed by atoms with E-state index >= 15 is 0 Å². The Balaban J connectivity index is 1.46. The van der Waals surface area contributed by atoms with E-state index in [1.807, 2.05) is 20.8 Å². The Morgan fingerprint density at radius 3 is 2.53 bits per heavy atom. The molecule has 0 radical (unpaired) electrons. The van der Waals surface area contributed by atoms with Gasteiger partial charge in [-0.3, -0.25) is 4.79 Å². The van der Waals surface area contributed by atoms with Gasteiger partial charge in [0.05, 0.1) is 26.6 Å². The normalized spacial score (nSPS) is 14.9. The van der Waals surface area contributed by atoms with Crippen LogP contribution in [-0.2, 0) is 4.74 Å². The standard InChI is InChI=1S/C24H25Cl2FN4O3/c1-24(2,3)34-23(33)31-9-7-14(8-10-31)28-22(32)13-11-16(26)20-18(12-13)29-21(30-20)19-15(25)5-4-6-17(19)27/h4-6,11-12,14H,7-10H2,1-3H3,(H,28,32)(H,29,30). The largest absolute Gasteiger partial charge is 0.444 e. The quantitative estimate of drug-likeness (QED) is 0.469. The van der Waals surface area contributed by atoms with Crippen LogP contribution in [0.25, 0.3) is 22.4 Å². The molecule has 0 atom stereocenters. The highest BCUT2D eigenvalue weighted by Gasteiger charge is 2.28. The smallest absolute Gasteiger partial charge is 0.410 e. The van der Waals surface area contributed by atoms with Crippen molar-refractivity contribution >= 4 is 46.2 Å². The summed E-state index contributed by atoms with van der Waals surface area (Å²) in [7, 11) is 0. The van der Waals surface area contributed by atoms with Crippen LogP contribution < -0.4 is 5.32 Å². The van der Waals surface area contributed by atoms with Gasteiger partial charge in [0.1, 0.15) is 17.2 Å². The number of benzene rings is 2. The molecule has 0 unspecified atom stereocenters. The number of rotatable bonds is 3. The van der Waals surface area contributed by atoms with Crippen LogP contribution in [0.15, 0.2) is 30.3 Å². The van der Waals surface area contributed by atoms with E-state index in [1.54, 1.807) is 23.1 Å². The minimum Gasteiger partial charge on any atom is -0.444 e. The van der Waals surface area contributed by atoms with Crippen molar-refractivity contribution < 1.29 is 18.7 Å². The van der Waals surface area contributed by atoms with Gasteiger partial charge in [-0.25, -0.2) is 14.2 Å². The monoisotopic (exact) mass is 506 g/mol. The van der Waals surface area contributed by atoms with Crippen LogP contribution in [0.3, 0.4) is 0 Å². The average Bonchev–Trinajstić information content (AvgIpc) is 3.17. The fourth-order valence-corrected chi connectivity index (χ4v) is 4.36. The first-order valence-electron chi connectivity index (χ1n) is 10.9. The topological polar surface area (TPSA) is 87.3 Å². The number of hydrogen-bond acceptors (Lipinski definition) is 4. The lowest BCUT2D eigenvalue weighted by atomic mass is 10.0. The SMILES string of the molecule is CC(C)(C)OC(=O)N1CCC(NC(=O)c2cc(Cl)c3[nH]c(-c4c(F)cccc4Cl)nc3c2)CC1. The summed E-state index contributed by atoms with van der Waals surface area (Å²) < 4.78 is 19.7. The van der Waals surface area contributed by atoms with E-state index in [9.17, 15) is 14.0 Å². The molecule has 0 aliphatic carbocycles. The van der Waals surface area contributed by atoms with Gasteiger partial charge in [0.2, 0.25) is 0 Å². The predicted octanol–water partition coefficient (Wildman–Crippen LogP) is 5.81. The number of halogens is 3. The Labute approximate surface area is 206 Å². The number of nitrogens with one attached hydrogen (secondary N) is 2. The summed E-state index contributed by atoms with van der Waals surface area (Å²) in [5.74, 6) is -0.585. The van der Waals surface area contributed by atoms with Crippen LogP contribution in [-0.4, -0.2) is 51.6 Å². The third-order valence-electron chi connectivity index (χ3n) is 5.49. The summed E-state index contributed by atoms with van der Waals surface area (Å²) in [4.78, 5) is 34.2. The van der Waals surface area contributed by atoms with E-state index in [2.05, 4.69) is 15.3 Å². The van der Waals surface area contributed by atoms with Gasteiger partial charge in [-0.15, -0.1) is 0 Å². The van der Waals surface area contributed by atoms with Crippen molar-refractivity contribution in [1.82, 2.24) is 20.2 Å². The van der Waals surface area contributed by atoms with Gasteiger partial charge in [-0.05, 0) is 57.9 Å². The van der Waals surface area contributed by atoms with E-state index in [-0.39, 0.29) is 39.5 Å². The second-order valence-electron chi connectivity index (χ2n) is 9.25. The molecule has 34 heavy (non-hydrogen) atoms. The number of likely N-dealkylation sites (tertiary alicyclic amines) is 1. The fraction of sp³-hybridized carbons (Fsp3) is 0.375. The molecule has 4 rings (SSSR count). The molecule has 7 nitrogen and oxygen atoms in total. The van der Waals surface area contributed by atoms with Gasteiger partial charge >= 0.3 is 6.09 Å². The first-order chi connectivity index (χ1) is 16.0. The van der Waals surface area contributed by atoms with Crippen LogP contribution >= 0.6 is 23.2 Å². The molecule has 1 saturated heterocycles. The van der Waals surface area contributed by atoms with Crippen molar-refractivity contribution in [3.63, 3.8) is 0 Å². The molecule has 0 bridgehead atoms. The Morgan fingerprint density at radius 1 is 1.18 bits per heavy atom. The number of nitrogens with zero attached hydrogens (tertiary/aromatic N) is 2. The zero-order valence-electron chi connectivity index (χ0n) is 19.0. The molecule has 0 spiro atoms. The minimum absolute atomic E-state index is 0.0902. The van der Waals surface area contributed by atoms with Crippen molar-refractivity contribution in [2.24, 2.45) is 0 Å². The number of carbonyl (C=O) groups excluding carboxylic acids is 2. The van der Waals surface area contributed by atoms with Gasteiger partial charge in [-0.1, -0.05) is 29.3 Å². The Kier molecular flexibility index (Phi) is 6.73. The van der Waals surface area contributed by atoms with Crippen LogP contribution in [0.4, 0.5) is 9.18 Å². The van der Waals surface area contributed by atoms with Crippen molar-refractivity contribution in [1.29, 1.82) is 0 Å². The van der Waals surface area contributed by atoms with Crippen molar-refractivity contribution in [2.75, 3.05) is 13.1 Å². The van der Waals surface area contributed by atoms with Crippen molar-refractivity contribution in [2.45, 2.75) is 45.3 Å². The number of hydrogen-bond donors (Lipinski definition) is 2. The summed E-state index contributed by atoms with van der Waals surface area (Å²) >= 11 is 12.6. The number of aromatic amines is 1. The molecule has 1 aromatic heterocycles. The lowest BCUT2D eigenvalue weighted by molar-refractivity contribution is 0.0199. The van der Waals surface area contributed by atoms with Gasteiger partial charge < -0.3 is 19.9 Å². The van der Waals surface area contributed by atoms with Crippen LogP contribution in [0.5, 0.6) is 0 Å². The van der Waals surface area contributed by atoms with Crippen LogP contribution in [0.1, 0.15) is 44.0 Å². The number of fused-ring (bicyclic) bond motifs is 1. The molecule has 10 heteroatoms. The molecule has 180 valence electrons. The van der Waals surface area contributed by atoms with E-state index < -0.39 is 11.4 Å². The molecule has 1 fully saturated rings. The van der Waals surface area contributed by atoms with E-state index in [0.29, 0.717) is 42.5 Å². The number of piperidine rings is 1. The van der Waals surface area contributed by atoms with Gasteiger partial charge in [0.25, 0.3) is 5.91 Å². The lowest BCUT2D eigenvalue weighted by Gasteiger charge is -2.33. The maximum Gasteiger partial charge on any atom is 0.410 e.